The first-order valence-electron chi connectivity index (χ1n) is 8.24. The second-order valence-corrected chi connectivity index (χ2v) is 8.03. The number of alkyl carbamates (subject to hydrolysis) is 2. The van der Waals surface area contributed by atoms with Crippen LogP contribution in [0.1, 0.15) is 47.1 Å². The molecule has 1 aromatic rings. The summed E-state index contributed by atoms with van der Waals surface area (Å²) in [6.45, 7) is 9.89. The summed E-state index contributed by atoms with van der Waals surface area (Å²) < 4.78 is 24.1. The molecule has 2 N–H and O–H groups in total. The lowest BCUT2D eigenvalue weighted by molar-refractivity contribution is 0.0545. The van der Waals surface area contributed by atoms with Crippen LogP contribution in [0.2, 0.25) is 5.02 Å². The maximum absolute atomic E-state index is 13.9. The van der Waals surface area contributed by atoms with E-state index < -0.39 is 29.2 Å². The van der Waals surface area contributed by atoms with Crippen molar-refractivity contribution in [2.24, 2.45) is 4.99 Å². The molecule has 0 saturated heterocycles. The quantitative estimate of drug-likeness (QED) is 0.568. The monoisotopic (exact) mass is 401 g/mol. The van der Waals surface area contributed by atoms with E-state index in [1.165, 1.54) is 18.2 Å². The van der Waals surface area contributed by atoms with Crippen molar-refractivity contribution in [3.05, 3.63) is 34.6 Å². The van der Waals surface area contributed by atoms with Gasteiger partial charge in [-0.2, -0.15) is 0 Å². The van der Waals surface area contributed by atoms with E-state index in [1.807, 2.05) is 0 Å². The van der Waals surface area contributed by atoms with Gasteiger partial charge in [0.1, 0.15) is 17.0 Å². The van der Waals surface area contributed by atoms with Crippen LogP contribution < -0.4 is 10.6 Å². The smallest absolute Gasteiger partial charge is 0.414 e. The number of rotatable bonds is 2. The van der Waals surface area contributed by atoms with Crippen LogP contribution in [0.3, 0.4) is 0 Å². The fraction of sp³-hybridized carbons (Fsp3) is 0.500. The van der Waals surface area contributed by atoms with Gasteiger partial charge in [-0.15, -0.1) is 0 Å². The number of benzene rings is 1. The number of nitrogens with one attached hydrogen (secondary N) is 2. The summed E-state index contributed by atoms with van der Waals surface area (Å²) in [4.78, 5) is 28.0. The molecule has 9 heteroatoms. The Morgan fingerprint density at radius 1 is 1.04 bits per heavy atom. The number of nitrogens with zero attached hydrogens (tertiary/aromatic N) is 1. The molecule has 0 spiro atoms. The molecule has 0 radical (unpaired) electrons. The average molecular weight is 402 g/mol. The zero-order valence-electron chi connectivity index (χ0n) is 16.3. The van der Waals surface area contributed by atoms with E-state index in [2.05, 4.69) is 15.6 Å². The van der Waals surface area contributed by atoms with Crippen LogP contribution in [0.15, 0.2) is 23.2 Å². The van der Waals surface area contributed by atoms with Gasteiger partial charge in [-0.25, -0.2) is 19.0 Å². The van der Waals surface area contributed by atoms with Gasteiger partial charge < -0.3 is 9.47 Å². The Morgan fingerprint density at radius 2 is 1.52 bits per heavy atom. The molecule has 2 amide bonds. The van der Waals surface area contributed by atoms with Crippen molar-refractivity contribution in [1.82, 2.24) is 10.6 Å². The van der Waals surface area contributed by atoms with E-state index in [1.54, 1.807) is 41.5 Å². The van der Waals surface area contributed by atoms with Crippen LogP contribution in [0.4, 0.5) is 14.0 Å². The highest BCUT2D eigenvalue weighted by molar-refractivity contribution is 6.31. The molecule has 0 saturated carbocycles. The average Bonchev–Trinajstić information content (AvgIpc) is 2.42. The minimum atomic E-state index is -0.836. The third-order valence-electron chi connectivity index (χ3n) is 2.70. The number of hydrogen-bond acceptors (Lipinski definition) is 5. The molecule has 0 atom stereocenters. The van der Waals surface area contributed by atoms with Crippen LogP contribution in [-0.4, -0.2) is 29.3 Å². The Bertz CT molecular complexity index is 672. The second-order valence-electron chi connectivity index (χ2n) is 7.62. The maximum Gasteiger partial charge on any atom is 0.414 e. The topological polar surface area (TPSA) is 89.0 Å². The Morgan fingerprint density at radius 3 is 1.93 bits per heavy atom. The molecule has 0 aromatic heterocycles. The van der Waals surface area contributed by atoms with Gasteiger partial charge in [0, 0.05) is 10.6 Å². The van der Waals surface area contributed by atoms with Gasteiger partial charge in [-0.1, -0.05) is 17.7 Å². The van der Waals surface area contributed by atoms with Gasteiger partial charge >= 0.3 is 12.2 Å². The summed E-state index contributed by atoms with van der Waals surface area (Å²) in [7, 11) is 0. The molecule has 7 nitrogen and oxygen atoms in total. The van der Waals surface area contributed by atoms with E-state index in [4.69, 9.17) is 21.1 Å². The Balaban J connectivity index is 2.98. The molecule has 27 heavy (non-hydrogen) atoms. The molecular formula is C18H25ClFN3O4. The van der Waals surface area contributed by atoms with Crippen molar-refractivity contribution in [2.75, 3.05) is 0 Å². The number of aliphatic imine (C=N–C) groups is 1. The lowest BCUT2D eigenvalue weighted by Crippen LogP contribution is -2.47. The van der Waals surface area contributed by atoms with Crippen LogP contribution in [0.25, 0.3) is 0 Å². The Hall–Kier alpha value is -2.35. The van der Waals surface area contributed by atoms with Gasteiger partial charge in [0.25, 0.3) is 0 Å². The van der Waals surface area contributed by atoms with E-state index in [9.17, 15) is 14.0 Å². The zero-order chi connectivity index (χ0) is 20.8. The predicted molar refractivity (Wildman–Crippen MR) is 101 cm³/mol. The van der Waals surface area contributed by atoms with Crippen molar-refractivity contribution in [3.8, 4) is 0 Å². The third kappa shape index (κ3) is 9.23. The van der Waals surface area contributed by atoms with Gasteiger partial charge in [-0.05, 0) is 53.7 Å². The fourth-order valence-electron chi connectivity index (χ4n) is 1.75. The molecule has 0 unspecified atom stereocenters. The van der Waals surface area contributed by atoms with E-state index >= 15 is 0 Å². The number of amides is 2. The van der Waals surface area contributed by atoms with Crippen LogP contribution >= 0.6 is 11.6 Å². The van der Waals surface area contributed by atoms with Crippen LogP contribution in [0, 0.1) is 5.82 Å². The predicted octanol–water partition coefficient (Wildman–Crippen LogP) is 4.38. The number of guanidine groups is 1. The first-order chi connectivity index (χ1) is 12.3. The number of carbonyl (C=O) groups excluding carboxylic acids is 2. The third-order valence-corrected chi connectivity index (χ3v) is 3.05. The normalized spacial score (nSPS) is 11.4. The maximum atomic E-state index is 13.9. The number of hydrogen-bond donors (Lipinski definition) is 2. The molecule has 0 aliphatic rings. The Kier molecular flexibility index (Phi) is 7.59. The second kappa shape index (κ2) is 9.03. The van der Waals surface area contributed by atoms with Crippen molar-refractivity contribution < 1.29 is 23.5 Å². The largest absolute Gasteiger partial charge is 0.444 e. The van der Waals surface area contributed by atoms with Crippen molar-refractivity contribution in [1.29, 1.82) is 0 Å². The van der Waals surface area contributed by atoms with E-state index in [0.717, 1.165) is 0 Å². The molecule has 0 aliphatic heterocycles. The van der Waals surface area contributed by atoms with Gasteiger partial charge in [0.05, 0.1) is 6.54 Å². The van der Waals surface area contributed by atoms with E-state index in [-0.39, 0.29) is 23.1 Å². The van der Waals surface area contributed by atoms with Crippen LogP contribution in [0.5, 0.6) is 0 Å². The van der Waals surface area contributed by atoms with E-state index in [0.29, 0.717) is 0 Å². The Labute approximate surface area is 163 Å². The summed E-state index contributed by atoms with van der Waals surface area (Å²) in [5, 5.41) is 4.80. The fourth-order valence-corrected chi connectivity index (χ4v) is 1.98. The molecule has 0 bridgehead atoms. The molecule has 150 valence electrons. The first-order valence-corrected chi connectivity index (χ1v) is 8.62. The highest BCUT2D eigenvalue weighted by Crippen LogP contribution is 2.19. The first kappa shape index (κ1) is 22.7. The lowest BCUT2D eigenvalue weighted by atomic mass is 10.2. The van der Waals surface area contributed by atoms with Crippen LogP contribution in [-0.2, 0) is 16.0 Å². The molecule has 1 aromatic carbocycles. The standard InChI is InChI=1S/C18H25ClFN3O4/c1-17(2,3)26-15(24)22-14(23-16(25)27-18(4,5)6)21-10-11-12(19)8-7-9-13(11)20/h7-9H,10H2,1-6H3,(H2,21,22,23,24,25). The zero-order valence-corrected chi connectivity index (χ0v) is 17.0. The van der Waals surface area contributed by atoms with Gasteiger partial charge in [0.15, 0.2) is 0 Å². The number of carbonyl (C=O) groups is 2. The molecule has 1 rings (SSSR count). The summed E-state index contributed by atoms with van der Waals surface area (Å²) in [5.74, 6) is -0.807. The molecule has 0 aliphatic carbocycles. The van der Waals surface area contributed by atoms with Crippen molar-refractivity contribution in [2.45, 2.75) is 59.3 Å². The summed E-state index contributed by atoms with van der Waals surface area (Å²) in [5.41, 5.74) is -1.39. The molecule has 0 heterocycles. The number of halogens is 2. The minimum absolute atomic E-state index is 0.119. The molecular weight excluding hydrogens is 377 g/mol. The summed E-state index contributed by atoms with van der Waals surface area (Å²) >= 11 is 5.97. The highest BCUT2D eigenvalue weighted by Gasteiger charge is 2.21. The highest BCUT2D eigenvalue weighted by atomic mass is 35.5. The minimum Gasteiger partial charge on any atom is -0.444 e. The summed E-state index contributed by atoms with van der Waals surface area (Å²) in [6, 6.07) is 4.21. The van der Waals surface area contributed by atoms with Gasteiger partial charge in [0.2, 0.25) is 5.96 Å². The summed E-state index contributed by atoms with van der Waals surface area (Å²) in [6.07, 6.45) is -1.67. The lowest BCUT2D eigenvalue weighted by Gasteiger charge is -2.22. The van der Waals surface area contributed by atoms with Crippen molar-refractivity contribution >= 4 is 29.7 Å². The SMILES string of the molecule is CC(C)(C)OC(=O)NC(=NCc1c(F)cccc1Cl)NC(=O)OC(C)(C)C. The van der Waals surface area contributed by atoms with Gasteiger partial charge in [-0.3, -0.25) is 10.6 Å². The van der Waals surface area contributed by atoms with Crippen molar-refractivity contribution in [3.63, 3.8) is 0 Å². The number of ether oxygens (including phenoxy) is 2. The molecule has 0 fully saturated rings.